The highest BCUT2D eigenvalue weighted by Gasteiger charge is 2.32. The maximum Gasteiger partial charge on any atom is 0.165 e. The van der Waals surface area contributed by atoms with Crippen LogP contribution in [0.15, 0.2) is 18.2 Å². The van der Waals surface area contributed by atoms with Crippen molar-refractivity contribution < 1.29 is 9.47 Å². The van der Waals surface area contributed by atoms with Crippen LogP contribution in [0.5, 0.6) is 11.5 Å². The van der Waals surface area contributed by atoms with E-state index < -0.39 is 0 Å². The number of fused-ring (bicyclic) bond motifs is 1. The molecule has 1 aromatic rings. The Morgan fingerprint density at radius 3 is 2.94 bits per heavy atom. The van der Waals surface area contributed by atoms with Crippen LogP contribution in [0.2, 0.25) is 0 Å². The number of nitrogens with one attached hydrogen (secondary N) is 1. The van der Waals surface area contributed by atoms with Gasteiger partial charge in [-0.05, 0) is 27.0 Å². The number of rotatable bonds is 5. The van der Waals surface area contributed by atoms with Gasteiger partial charge in [-0.1, -0.05) is 19.1 Å². The van der Waals surface area contributed by atoms with Gasteiger partial charge in [-0.2, -0.15) is 0 Å². The molecule has 0 aliphatic carbocycles. The van der Waals surface area contributed by atoms with Crippen molar-refractivity contribution in [2.24, 2.45) is 5.92 Å². The van der Waals surface area contributed by atoms with Crippen LogP contribution in [-0.4, -0.2) is 25.8 Å². The summed E-state index contributed by atoms with van der Waals surface area (Å²) in [5.74, 6) is 2.29. The van der Waals surface area contributed by atoms with Crippen molar-refractivity contribution >= 4 is 0 Å². The third-order valence-electron chi connectivity index (χ3n) is 3.13. The van der Waals surface area contributed by atoms with Crippen LogP contribution in [0.3, 0.4) is 0 Å². The predicted molar refractivity (Wildman–Crippen MR) is 73.4 cm³/mol. The van der Waals surface area contributed by atoms with Gasteiger partial charge in [0.15, 0.2) is 11.5 Å². The van der Waals surface area contributed by atoms with Gasteiger partial charge in [-0.25, -0.2) is 0 Å². The summed E-state index contributed by atoms with van der Waals surface area (Å²) in [6, 6.07) is 6.15. The van der Waals surface area contributed by atoms with Gasteiger partial charge in [0.25, 0.3) is 0 Å². The van der Waals surface area contributed by atoms with Crippen molar-refractivity contribution in [2.75, 3.05) is 20.2 Å². The lowest BCUT2D eigenvalue weighted by Gasteiger charge is -2.19. The molecule has 1 aliphatic rings. The summed E-state index contributed by atoms with van der Waals surface area (Å²) in [5.41, 5.74) is 1.14. The van der Waals surface area contributed by atoms with Crippen molar-refractivity contribution in [1.82, 2.24) is 5.32 Å². The van der Waals surface area contributed by atoms with Crippen LogP contribution >= 0.6 is 0 Å². The van der Waals surface area contributed by atoms with Crippen LogP contribution in [0.1, 0.15) is 26.3 Å². The summed E-state index contributed by atoms with van der Waals surface area (Å²) in [6.07, 6.45) is 0.950. The summed E-state index contributed by atoms with van der Waals surface area (Å²) >= 11 is 0. The van der Waals surface area contributed by atoms with Crippen LogP contribution in [0, 0.1) is 5.92 Å². The highest BCUT2D eigenvalue weighted by atomic mass is 16.5. The fraction of sp³-hybridized carbons (Fsp3) is 0.600. The van der Waals surface area contributed by atoms with E-state index in [1.807, 2.05) is 19.2 Å². The summed E-state index contributed by atoms with van der Waals surface area (Å²) < 4.78 is 11.9. The van der Waals surface area contributed by atoms with Gasteiger partial charge in [-0.15, -0.1) is 0 Å². The zero-order valence-corrected chi connectivity index (χ0v) is 11.7. The molecule has 2 rings (SSSR count). The van der Waals surface area contributed by atoms with E-state index in [-0.39, 0.29) is 5.60 Å². The summed E-state index contributed by atoms with van der Waals surface area (Å²) in [6.45, 7) is 8.06. The summed E-state index contributed by atoms with van der Waals surface area (Å²) in [4.78, 5) is 0. The van der Waals surface area contributed by atoms with E-state index in [0.29, 0.717) is 12.5 Å². The minimum Gasteiger partial charge on any atom is -0.489 e. The second-order valence-electron chi connectivity index (χ2n) is 5.76. The molecule has 1 aliphatic heterocycles. The Labute approximate surface area is 109 Å². The number of benzene rings is 1. The SMILES string of the molecule is CNCC(C)COc1cccc2c1OC(C)(C)C2. The average molecular weight is 249 g/mol. The molecule has 3 nitrogen and oxygen atoms in total. The highest BCUT2D eigenvalue weighted by Crippen LogP contribution is 2.41. The van der Waals surface area contributed by atoms with Gasteiger partial charge in [0, 0.05) is 24.4 Å². The molecule has 1 unspecified atom stereocenters. The average Bonchev–Trinajstić information content (AvgIpc) is 2.61. The first kappa shape index (κ1) is 13.2. The molecule has 18 heavy (non-hydrogen) atoms. The molecule has 0 aromatic heterocycles. The lowest BCUT2D eigenvalue weighted by atomic mass is 10.0. The molecule has 0 bridgehead atoms. The van der Waals surface area contributed by atoms with Crippen LogP contribution < -0.4 is 14.8 Å². The molecule has 0 saturated heterocycles. The lowest BCUT2D eigenvalue weighted by Crippen LogP contribution is -2.25. The number of ether oxygens (including phenoxy) is 2. The quantitative estimate of drug-likeness (QED) is 0.870. The maximum atomic E-state index is 5.98. The number of hydrogen-bond acceptors (Lipinski definition) is 3. The fourth-order valence-corrected chi connectivity index (χ4v) is 2.34. The Hall–Kier alpha value is -1.22. The molecule has 1 N–H and O–H groups in total. The molecule has 0 radical (unpaired) electrons. The van der Waals surface area contributed by atoms with Crippen LogP contribution in [-0.2, 0) is 6.42 Å². The lowest BCUT2D eigenvalue weighted by molar-refractivity contribution is 0.130. The first-order valence-corrected chi connectivity index (χ1v) is 6.60. The van der Waals surface area contributed by atoms with Crippen molar-refractivity contribution in [3.8, 4) is 11.5 Å². The van der Waals surface area contributed by atoms with E-state index in [9.17, 15) is 0 Å². The minimum absolute atomic E-state index is 0.113. The second-order valence-corrected chi connectivity index (χ2v) is 5.76. The smallest absolute Gasteiger partial charge is 0.165 e. The highest BCUT2D eigenvalue weighted by molar-refractivity contribution is 5.50. The zero-order chi connectivity index (χ0) is 13.2. The largest absolute Gasteiger partial charge is 0.489 e. The molecule has 1 heterocycles. The molecule has 1 aromatic carbocycles. The minimum atomic E-state index is -0.113. The molecular formula is C15H23NO2. The van der Waals surface area contributed by atoms with E-state index in [0.717, 1.165) is 24.5 Å². The van der Waals surface area contributed by atoms with Crippen molar-refractivity contribution in [2.45, 2.75) is 32.8 Å². The first-order valence-electron chi connectivity index (χ1n) is 6.60. The molecule has 3 heteroatoms. The van der Waals surface area contributed by atoms with Gasteiger partial charge >= 0.3 is 0 Å². The van der Waals surface area contributed by atoms with Gasteiger partial charge in [0.1, 0.15) is 5.60 Å². The van der Waals surface area contributed by atoms with Gasteiger partial charge in [0.2, 0.25) is 0 Å². The topological polar surface area (TPSA) is 30.5 Å². The molecule has 0 fully saturated rings. The van der Waals surface area contributed by atoms with Gasteiger partial charge < -0.3 is 14.8 Å². The van der Waals surface area contributed by atoms with E-state index in [1.165, 1.54) is 5.56 Å². The van der Waals surface area contributed by atoms with Gasteiger partial charge in [0.05, 0.1) is 6.61 Å². The van der Waals surface area contributed by atoms with E-state index in [4.69, 9.17) is 9.47 Å². The fourth-order valence-electron chi connectivity index (χ4n) is 2.34. The second kappa shape index (κ2) is 5.19. The maximum absolute atomic E-state index is 5.98. The Bertz CT molecular complexity index is 415. The normalized spacial score (nSPS) is 18.0. The molecule has 100 valence electrons. The van der Waals surface area contributed by atoms with Crippen LogP contribution in [0.25, 0.3) is 0 Å². The van der Waals surface area contributed by atoms with Crippen molar-refractivity contribution in [1.29, 1.82) is 0 Å². The monoisotopic (exact) mass is 249 g/mol. The molecule has 0 saturated carbocycles. The Morgan fingerprint density at radius 1 is 1.44 bits per heavy atom. The summed E-state index contributed by atoms with van der Waals surface area (Å²) in [7, 11) is 1.96. The standard InChI is InChI=1S/C15H23NO2/c1-11(9-16-4)10-17-13-7-5-6-12-8-15(2,3)18-14(12)13/h5-7,11,16H,8-10H2,1-4H3. The van der Waals surface area contributed by atoms with E-state index in [1.54, 1.807) is 0 Å². The zero-order valence-electron chi connectivity index (χ0n) is 11.7. The Morgan fingerprint density at radius 2 is 2.22 bits per heavy atom. The molecule has 0 amide bonds. The molecule has 0 spiro atoms. The number of para-hydroxylation sites is 1. The third kappa shape index (κ3) is 2.96. The molecule has 1 atom stereocenters. The Kier molecular flexibility index (Phi) is 3.81. The predicted octanol–water partition coefficient (Wildman–Crippen LogP) is 2.63. The third-order valence-corrected chi connectivity index (χ3v) is 3.13. The van der Waals surface area contributed by atoms with E-state index >= 15 is 0 Å². The Balaban J connectivity index is 2.05. The van der Waals surface area contributed by atoms with Crippen molar-refractivity contribution in [3.63, 3.8) is 0 Å². The summed E-state index contributed by atoms with van der Waals surface area (Å²) in [5, 5.41) is 3.16. The molecular weight excluding hydrogens is 226 g/mol. The first-order chi connectivity index (χ1) is 8.52. The number of hydrogen-bond donors (Lipinski definition) is 1. The van der Waals surface area contributed by atoms with Crippen molar-refractivity contribution in [3.05, 3.63) is 23.8 Å². The van der Waals surface area contributed by atoms with E-state index in [2.05, 4.69) is 32.2 Å². The van der Waals surface area contributed by atoms with Gasteiger partial charge in [-0.3, -0.25) is 0 Å². The van der Waals surface area contributed by atoms with Crippen LogP contribution in [0.4, 0.5) is 0 Å².